The van der Waals surface area contributed by atoms with Crippen molar-refractivity contribution in [3.05, 3.63) is 28.2 Å². The van der Waals surface area contributed by atoms with E-state index in [1.54, 1.807) is 0 Å². The Kier molecular flexibility index (Phi) is 2.09. The maximum Gasteiger partial charge on any atom is 0.241 e. The van der Waals surface area contributed by atoms with Crippen molar-refractivity contribution >= 4 is 27.5 Å². The van der Waals surface area contributed by atoms with Crippen molar-refractivity contribution < 1.29 is 4.79 Å². The lowest BCUT2D eigenvalue weighted by molar-refractivity contribution is -0.117. The number of amides is 1. The van der Waals surface area contributed by atoms with E-state index in [0.717, 1.165) is 15.7 Å². The molecule has 0 fully saturated rings. The number of carbonyl (C=O) groups excluding carboxylic acids is 1. The smallest absolute Gasteiger partial charge is 0.241 e. The van der Waals surface area contributed by atoms with E-state index in [1.165, 1.54) is 0 Å². The monoisotopic (exact) mass is 240 g/mol. The van der Waals surface area contributed by atoms with Gasteiger partial charge in [-0.3, -0.25) is 4.79 Å². The Morgan fingerprint density at radius 2 is 2.31 bits per heavy atom. The highest BCUT2D eigenvalue weighted by atomic mass is 79.9. The molecule has 1 amide bonds. The molecule has 4 heteroatoms. The van der Waals surface area contributed by atoms with E-state index in [2.05, 4.69) is 21.2 Å². The van der Waals surface area contributed by atoms with E-state index in [4.69, 9.17) is 5.73 Å². The molecule has 1 aromatic carbocycles. The minimum Gasteiger partial charge on any atom is -0.323 e. The zero-order valence-corrected chi connectivity index (χ0v) is 8.47. The summed E-state index contributed by atoms with van der Waals surface area (Å²) in [5, 5.41) is 2.77. The average Bonchev–Trinajstić information content (AvgIpc) is 2.09. The largest absolute Gasteiger partial charge is 0.323 e. The number of halogens is 1. The van der Waals surface area contributed by atoms with Crippen molar-refractivity contribution in [2.45, 2.75) is 12.5 Å². The molecule has 1 aliphatic heterocycles. The predicted octanol–water partition coefficient (Wildman–Crippen LogP) is 1.27. The second-order valence-corrected chi connectivity index (χ2v) is 3.93. The third-order valence-corrected chi connectivity index (χ3v) is 2.79. The third-order valence-electron chi connectivity index (χ3n) is 2.12. The van der Waals surface area contributed by atoms with Crippen LogP contribution in [0.15, 0.2) is 22.7 Å². The van der Waals surface area contributed by atoms with Crippen LogP contribution in [-0.2, 0) is 11.2 Å². The van der Waals surface area contributed by atoms with Crippen LogP contribution in [0.4, 0.5) is 5.69 Å². The van der Waals surface area contributed by atoms with Crippen LogP contribution >= 0.6 is 15.9 Å². The second kappa shape index (κ2) is 3.12. The van der Waals surface area contributed by atoms with Gasteiger partial charge < -0.3 is 11.1 Å². The second-order valence-electron chi connectivity index (χ2n) is 3.07. The predicted molar refractivity (Wildman–Crippen MR) is 54.5 cm³/mol. The van der Waals surface area contributed by atoms with Gasteiger partial charge in [0.15, 0.2) is 0 Å². The molecular weight excluding hydrogens is 232 g/mol. The maximum atomic E-state index is 11.3. The molecule has 0 saturated heterocycles. The Hall–Kier alpha value is -0.870. The van der Waals surface area contributed by atoms with E-state index in [9.17, 15) is 4.79 Å². The number of carbonyl (C=O) groups is 1. The minimum absolute atomic E-state index is 0.112. The van der Waals surface area contributed by atoms with Gasteiger partial charge in [-0.1, -0.05) is 12.1 Å². The highest BCUT2D eigenvalue weighted by Gasteiger charge is 2.23. The number of benzene rings is 1. The molecule has 1 aliphatic rings. The first kappa shape index (κ1) is 8.72. The number of nitrogens with one attached hydrogen (secondary N) is 1. The standard InChI is InChI=1S/C9H9BrN2O/c10-6-3-1-2-5-4-7(11)9(13)12-8(5)6/h1-3,7H,4,11H2,(H,12,13). The lowest BCUT2D eigenvalue weighted by Crippen LogP contribution is -2.41. The zero-order valence-electron chi connectivity index (χ0n) is 6.88. The number of rotatable bonds is 0. The molecule has 68 valence electrons. The van der Waals surface area contributed by atoms with E-state index in [0.29, 0.717) is 6.42 Å². The van der Waals surface area contributed by atoms with Gasteiger partial charge in [-0.2, -0.15) is 0 Å². The van der Waals surface area contributed by atoms with Crippen LogP contribution in [0.5, 0.6) is 0 Å². The summed E-state index contributed by atoms with van der Waals surface area (Å²) in [5.41, 5.74) is 7.56. The van der Waals surface area contributed by atoms with Crippen LogP contribution in [-0.4, -0.2) is 11.9 Å². The molecule has 0 saturated carbocycles. The summed E-state index contributed by atoms with van der Waals surface area (Å²) < 4.78 is 0.908. The molecule has 3 N–H and O–H groups in total. The molecule has 0 aliphatic carbocycles. The van der Waals surface area contributed by atoms with Gasteiger partial charge >= 0.3 is 0 Å². The number of para-hydroxylation sites is 1. The van der Waals surface area contributed by atoms with Crippen LogP contribution in [0.1, 0.15) is 5.56 Å². The summed E-state index contributed by atoms with van der Waals surface area (Å²) in [4.78, 5) is 11.3. The van der Waals surface area contributed by atoms with E-state index >= 15 is 0 Å². The summed E-state index contributed by atoms with van der Waals surface area (Å²) in [5.74, 6) is -0.112. The van der Waals surface area contributed by atoms with Gasteiger partial charge in [0.25, 0.3) is 0 Å². The summed E-state index contributed by atoms with van der Waals surface area (Å²) in [7, 11) is 0. The number of anilines is 1. The lowest BCUT2D eigenvalue weighted by Gasteiger charge is -2.22. The van der Waals surface area contributed by atoms with Crippen LogP contribution in [0.2, 0.25) is 0 Å². The molecule has 0 radical (unpaired) electrons. The average molecular weight is 241 g/mol. The van der Waals surface area contributed by atoms with Gasteiger partial charge in [0, 0.05) is 4.47 Å². The summed E-state index contributed by atoms with van der Waals surface area (Å²) >= 11 is 3.37. The lowest BCUT2D eigenvalue weighted by atomic mass is 10.00. The van der Waals surface area contributed by atoms with Crippen molar-refractivity contribution in [1.29, 1.82) is 0 Å². The number of fused-ring (bicyclic) bond motifs is 1. The van der Waals surface area contributed by atoms with Crippen LogP contribution in [0.25, 0.3) is 0 Å². The summed E-state index contributed by atoms with van der Waals surface area (Å²) in [6, 6.07) is 5.39. The quantitative estimate of drug-likeness (QED) is 0.718. The fraction of sp³-hybridized carbons (Fsp3) is 0.222. The maximum absolute atomic E-state index is 11.3. The van der Waals surface area contributed by atoms with Crippen molar-refractivity contribution in [1.82, 2.24) is 0 Å². The zero-order chi connectivity index (χ0) is 9.42. The van der Waals surface area contributed by atoms with E-state index < -0.39 is 6.04 Å². The Morgan fingerprint density at radius 1 is 1.54 bits per heavy atom. The van der Waals surface area contributed by atoms with Gasteiger partial charge in [0.05, 0.1) is 11.7 Å². The van der Waals surface area contributed by atoms with Crippen molar-refractivity contribution in [3.63, 3.8) is 0 Å². The third kappa shape index (κ3) is 1.47. The van der Waals surface area contributed by atoms with Gasteiger partial charge in [-0.25, -0.2) is 0 Å². The molecule has 1 heterocycles. The first-order valence-electron chi connectivity index (χ1n) is 4.02. The van der Waals surface area contributed by atoms with E-state index in [-0.39, 0.29) is 5.91 Å². The van der Waals surface area contributed by atoms with Gasteiger partial charge in [0.2, 0.25) is 5.91 Å². The molecule has 1 unspecified atom stereocenters. The molecule has 0 spiro atoms. The molecular formula is C9H9BrN2O. The Bertz CT molecular complexity index is 365. The Balaban J connectivity index is 2.48. The fourth-order valence-corrected chi connectivity index (χ4v) is 1.93. The van der Waals surface area contributed by atoms with Gasteiger partial charge in [-0.15, -0.1) is 0 Å². The molecule has 13 heavy (non-hydrogen) atoms. The summed E-state index contributed by atoms with van der Waals surface area (Å²) in [6.07, 6.45) is 0.612. The number of hydrogen-bond acceptors (Lipinski definition) is 2. The highest BCUT2D eigenvalue weighted by molar-refractivity contribution is 9.10. The molecule has 0 bridgehead atoms. The SMILES string of the molecule is NC1Cc2cccc(Br)c2NC1=O. The molecule has 2 rings (SSSR count). The topological polar surface area (TPSA) is 55.1 Å². The first-order valence-corrected chi connectivity index (χ1v) is 4.81. The van der Waals surface area contributed by atoms with E-state index in [1.807, 2.05) is 18.2 Å². The van der Waals surface area contributed by atoms with Crippen LogP contribution in [0.3, 0.4) is 0 Å². The fourth-order valence-electron chi connectivity index (χ4n) is 1.42. The highest BCUT2D eigenvalue weighted by Crippen LogP contribution is 2.29. The molecule has 1 aromatic rings. The number of nitrogens with two attached hydrogens (primary N) is 1. The van der Waals surface area contributed by atoms with Crippen LogP contribution in [0, 0.1) is 0 Å². The van der Waals surface area contributed by atoms with Crippen molar-refractivity contribution in [2.75, 3.05) is 5.32 Å². The molecule has 0 aromatic heterocycles. The Morgan fingerprint density at radius 3 is 3.08 bits per heavy atom. The first-order chi connectivity index (χ1) is 6.18. The van der Waals surface area contributed by atoms with Crippen molar-refractivity contribution in [3.8, 4) is 0 Å². The Labute approximate surface area is 84.4 Å². The normalized spacial score (nSPS) is 20.8. The summed E-state index contributed by atoms with van der Waals surface area (Å²) in [6.45, 7) is 0. The minimum atomic E-state index is -0.415. The van der Waals surface area contributed by atoms with Gasteiger partial charge in [0.1, 0.15) is 0 Å². The van der Waals surface area contributed by atoms with Gasteiger partial charge in [-0.05, 0) is 34.0 Å². The van der Waals surface area contributed by atoms with Crippen molar-refractivity contribution in [2.24, 2.45) is 5.73 Å². The van der Waals surface area contributed by atoms with Crippen LogP contribution < -0.4 is 11.1 Å². The molecule has 3 nitrogen and oxygen atoms in total. The molecule has 1 atom stereocenters. The number of hydrogen-bond donors (Lipinski definition) is 2.